The molecule has 3 aromatic heterocycles. The summed E-state index contributed by atoms with van der Waals surface area (Å²) in [5, 5.41) is 0.426. The van der Waals surface area contributed by atoms with Gasteiger partial charge in [-0.25, -0.2) is 15.0 Å². The number of piperidine rings is 1. The van der Waals surface area contributed by atoms with Gasteiger partial charge in [-0.15, -0.1) is 11.1 Å². The summed E-state index contributed by atoms with van der Waals surface area (Å²) in [6.07, 6.45) is 15.7. The zero-order valence-corrected chi connectivity index (χ0v) is 25.6. The molecule has 0 amide bonds. The third-order valence-electron chi connectivity index (χ3n) is 8.07. The lowest BCUT2D eigenvalue weighted by Gasteiger charge is -2.44. The molecule has 0 radical (unpaired) electrons. The van der Waals surface area contributed by atoms with Crippen LogP contribution in [-0.4, -0.2) is 41.7 Å². The predicted octanol–water partition coefficient (Wildman–Crippen LogP) is 5.43. The summed E-state index contributed by atoms with van der Waals surface area (Å²) < 4.78 is 18.5. The third-order valence-corrected chi connectivity index (χ3v) is 11.2. The lowest BCUT2D eigenvalue weighted by atomic mass is 9.73. The Kier molecular flexibility index (Phi) is 7.37. The molecular weight excluding hydrogens is 574 g/mol. The van der Waals surface area contributed by atoms with Crippen LogP contribution in [0.2, 0.25) is 5.02 Å². The minimum atomic E-state index is -1.20. The summed E-state index contributed by atoms with van der Waals surface area (Å²) in [5.74, 6) is 3.92. The largest absolute Gasteiger partial charge is 0.598 e. The predicted molar refractivity (Wildman–Crippen MR) is 167 cm³/mol. The van der Waals surface area contributed by atoms with Crippen LogP contribution in [0.5, 0.6) is 0 Å². The van der Waals surface area contributed by atoms with E-state index < -0.39 is 11.4 Å². The molecule has 1 spiro atoms. The number of nitrogen functional groups attached to an aromatic ring is 1. The van der Waals surface area contributed by atoms with Gasteiger partial charge in [0.15, 0.2) is 5.65 Å². The number of fused-ring (bicyclic) bond motifs is 2. The Morgan fingerprint density at radius 2 is 1.95 bits per heavy atom. The van der Waals surface area contributed by atoms with E-state index in [0.29, 0.717) is 10.8 Å². The van der Waals surface area contributed by atoms with Gasteiger partial charge in [-0.1, -0.05) is 35.3 Å². The average molecular weight is 606 g/mol. The second kappa shape index (κ2) is 10.7. The molecule has 4 aromatic rings. The highest BCUT2D eigenvalue weighted by atomic mass is 35.5. The number of aromatic nitrogens is 4. The molecule has 1 aliphatic carbocycles. The molecule has 8 nitrogen and oxygen atoms in total. The second-order valence-electron chi connectivity index (χ2n) is 11.7. The van der Waals surface area contributed by atoms with Gasteiger partial charge < -0.3 is 15.2 Å². The van der Waals surface area contributed by atoms with E-state index in [0.717, 1.165) is 59.3 Å². The Hall–Kier alpha value is -2.94. The topological polar surface area (TPSA) is 107 Å². The Morgan fingerprint density at radius 1 is 1.17 bits per heavy atom. The number of benzene rings is 1. The van der Waals surface area contributed by atoms with E-state index in [1.54, 1.807) is 12.4 Å². The molecule has 0 saturated carbocycles. The molecule has 11 heteroatoms. The van der Waals surface area contributed by atoms with Crippen LogP contribution < -0.4 is 15.4 Å². The van der Waals surface area contributed by atoms with Gasteiger partial charge in [-0.05, 0) is 69.4 Å². The van der Waals surface area contributed by atoms with Crippen molar-refractivity contribution in [1.82, 2.24) is 24.1 Å². The monoisotopic (exact) mass is 605 g/mol. The van der Waals surface area contributed by atoms with Crippen molar-refractivity contribution < 1.29 is 4.55 Å². The van der Waals surface area contributed by atoms with E-state index in [1.165, 1.54) is 22.9 Å². The van der Waals surface area contributed by atoms with Crippen molar-refractivity contribution in [2.75, 3.05) is 23.7 Å². The molecule has 2 aliphatic rings. The molecule has 6 rings (SSSR count). The molecule has 0 bridgehead atoms. The molecule has 0 unspecified atom stereocenters. The summed E-state index contributed by atoms with van der Waals surface area (Å²) in [5.41, 5.74) is 10.0. The van der Waals surface area contributed by atoms with Gasteiger partial charge in [0.25, 0.3) is 0 Å². The molecule has 1 saturated heterocycles. The van der Waals surface area contributed by atoms with E-state index in [2.05, 4.69) is 37.6 Å². The number of anilines is 2. The van der Waals surface area contributed by atoms with Crippen LogP contribution in [0.3, 0.4) is 0 Å². The van der Waals surface area contributed by atoms with Crippen LogP contribution >= 0.6 is 23.4 Å². The Labute approximate surface area is 252 Å². The molecule has 2 atom stereocenters. The maximum absolute atomic E-state index is 13.3. The highest BCUT2D eigenvalue weighted by Crippen LogP contribution is 2.53. The Morgan fingerprint density at radius 3 is 2.68 bits per heavy atom. The summed E-state index contributed by atoms with van der Waals surface area (Å²) in [4.78, 5) is 17.6. The number of nitrogens with zero attached hydrogens (tertiary/aromatic N) is 5. The summed E-state index contributed by atoms with van der Waals surface area (Å²) in [7, 11) is 0. The second-order valence-corrected chi connectivity index (χ2v) is 15.1. The number of nitrogens with two attached hydrogens (primary N) is 1. The first-order valence-electron chi connectivity index (χ1n) is 13.5. The fourth-order valence-electron chi connectivity index (χ4n) is 5.86. The van der Waals surface area contributed by atoms with E-state index in [-0.39, 0.29) is 16.2 Å². The van der Waals surface area contributed by atoms with E-state index in [4.69, 9.17) is 28.7 Å². The average Bonchev–Trinajstić information content (AvgIpc) is 3.55. The Balaban J connectivity index is 1.27. The van der Waals surface area contributed by atoms with E-state index in [9.17, 15) is 4.55 Å². The van der Waals surface area contributed by atoms with Gasteiger partial charge in [0.2, 0.25) is 5.95 Å². The van der Waals surface area contributed by atoms with E-state index >= 15 is 0 Å². The third kappa shape index (κ3) is 5.15. The first kappa shape index (κ1) is 28.2. The molecule has 1 aromatic carbocycles. The summed E-state index contributed by atoms with van der Waals surface area (Å²) in [6.45, 7) is 7.64. The summed E-state index contributed by atoms with van der Waals surface area (Å²) >= 11 is 6.67. The number of pyridine rings is 1. The first-order chi connectivity index (χ1) is 19.6. The van der Waals surface area contributed by atoms with Gasteiger partial charge in [0.1, 0.15) is 10.6 Å². The maximum Gasteiger partial charge on any atom is 0.211 e. The lowest BCUT2D eigenvalue weighted by Crippen LogP contribution is -2.50. The first-order valence-corrected chi connectivity index (χ1v) is 15.9. The van der Waals surface area contributed by atoms with Crippen molar-refractivity contribution in [3.05, 3.63) is 70.8 Å². The van der Waals surface area contributed by atoms with Crippen LogP contribution in [0.25, 0.3) is 5.65 Å². The minimum Gasteiger partial charge on any atom is -0.598 e. The number of nitrogens with one attached hydrogen (secondary N) is 1. The van der Waals surface area contributed by atoms with Crippen molar-refractivity contribution in [1.29, 1.82) is 0 Å². The molecule has 41 heavy (non-hydrogen) atoms. The normalized spacial score (nSPS) is 18.9. The zero-order chi connectivity index (χ0) is 28.9. The summed E-state index contributed by atoms with van der Waals surface area (Å²) in [6, 6.07) is 8.07. The van der Waals surface area contributed by atoms with Crippen LogP contribution in [0.4, 0.5) is 11.8 Å². The van der Waals surface area contributed by atoms with Crippen molar-refractivity contribution >= 4 is 52.1 Å². The van der Waals surface area contributed by atoms with Crippen molar-refractivity contribution in [3.8, 4) is 12.3 Å². The van der Waals surface area contributed by atoms with Crippen molar-refractivity contribution in [2.45, 2.75) is 60.6 Å². The SMILES string of the molecule is C#Cc1ccc2c(c1)CC1(CCN(c3ncc(Sc4ccnc(N)c4Cl)c4nccn34)CC1)[C@@H]2N[S@+]([O-])C(C)(C)C. The van der Waals surface area contributed by atoms with Gasteiger partial charge >= 0.3 is 0 Å². The standard InChI is InChI=1S/C30H32ClN7OS2/c1-5-19-6-7-21-20(16-19)17-30(25(21)36-41(39)29(2,3)4)9-13-37(14-10-30)28-35-18-23(27-34-12-15-38(27)28)40-22-8-11-33-26(32)24(22)31/h1,6-8,11-12,15-16,18,25,36H,9-10,13-14,17H2,2-4H3,(H2,32,33)/t25-,41-/m1/s1. The lowest BCUT2D eigenvalue weighted by molar-refractivity contribution is 0.175. The van der Waals surface area contributed by atoms with Crippen molar-refractivity contribution in [2.24, 2.45) is 5.41 Å². The quantitative estimate of drug-likeness (QED) is 0.229. The van der Waals surface area contributed by atoms with Crippen LogP contribution in [0, 0.1) is 17.8 Å². The number of halogens is 1. The highest BCUT2D eigenvalue weighted by molar-refractivity contribution is 7.99. The number of terminal acetylenes is 1. The van der Waals surface area contributed by atoms with Gasteiger partial charge in [-0.3, -0.25) is 4.40 Å². The molecular formula is C30H32ClN7OS2. The smallest absolute Gasteiger partial charge is 0.211 e. The van der Waals surface area contributed by atoms with Crippen molar-refractivity contribution in [3.63, 3.8) is 0 Å². The van der Waals surface area contributed by atoms with Crippen LogP contribution in [0.15, 0.2) is 58.8 Å². The fraction of sp³-hybridized carbons (Fsp3) is 0.367. The van der Waals surface area contributed by atoms with Gasteiger partial charge in [0, 0.05) is 65.1 Å². The van der Waals surface area contributed by atoms with Crippen LogP contribution in [0.1, 0.15) is 56.3 Å². The molecule has 1 fully saturated rings. The molecule has 212 valence electrons. The van der Waals surface area contributed by atoms with Gasteiger partial charge in [-0.2, -0.15) is 0 Å². The molecule has 1 aliphatic heterocycles. The number of rotatable bonds is 5. The number of imidazole rings is 1. The molecule has 3 N–H and O–H groups in total. The number of hydrogen-bond acceptors (Lipinski definition) is 8. The van der Waals surface area contributed by atoms with Crippen LogP contribution in [-0.2, 0) is 17.8 Å². The maximum atomic E-state index is 13.3. The van der Waals surface area contributed by atoms with E-state index in [1.807, 2.05) is 49.7 Å². The minimum absolute atomic E-state index is 0.0101. The number of hydrogen-bond donors (Lipinski definition) is 2. The van der Waals surface area contributed by atoms with Gasteiger partial charge in [0.05, 0.1) is 16.0 Å². The Bertz CT molecular complexity index is 1650. The molecule has 4 heterocycles. The fourth-order valence-corrected chi connectivity index (χ4v) is 7.94. The highest BCUT2D eigenvalue weighted by Gasteiger charge is 2.50. The zero-order valence-electron chi connectivity index (χ0n) is 23.2.